The Morgan fingerprint density at radius 1 is 1.21 bits per heavy atom. The van der Waals surface area contributed by atoms with Crippen LogP contribution in [0.2, 0.25) is 5.02 Å². The molecule has 0 aromatic heterocycles. The molecule has 1 aliphatic rings. The first-order valence-electron chi connectivity index (χ1n) is 5.42. The van der Waals surface area contributed by atoms with E-state index in [1.165, 1.54) is 36.0 Å². The van der Waals surface area contributed by atoms with Crippen molar-refractivity contribution in [1.29, 1.82) is 0 Å². The maximum Gasteiger partial charge on any atom is 0.0440 e. The average molecular weight is 209 g/mol. The van der Waals surface area contributed by atoms with Crippen LogP contribution < -0.4 is 0 Å². The molecule has 0 atom stereocenters. The zero-order valence-electron chi connectivity index (χ0n) is 9.15. The van der Waals surface area contributed by atoms with Gasteiger partial charge in [0.2, 0.25) is 0 Å². The molecule has 1 aromatic carbocycles. The molecule has 0 radical (unpaired) electrons. The predicted molar refractivity (Wildman–Crippen MR) is 62.3 cm³/mol. The van der Waals surface area contributed by atoms with Gasteiger partial charge in [-0.25, -0.2) is 0 Å². The molecule has 0 nitrogen and oxygen atoms in total. The highest BCUT2D eigenvalue weighted by atomic mass is 35.5. The van der Waals surface area contributed by atoms with E-state index in [1.54, 1.807) is 5.56 Å². The van der Waals surface area contributed by atoms with E-state index in [-0.39, 0.29) is 0 Å². The van der Waals surface area contributed by atoms with Crippen LogP contribution in [0.25, 0.3) is 0 Å². The summed E-state index contributed by atoms with van der Waals surface area (Å²) < 4.78 is 0. The van der Waals surface area contributed by atoms with Crippen LogP contribution in [0.3, 0.4) is 0 Å². The van der Waals surface area contributed by atoms with Gasteiger partial charge in [-0.3, -0.25) is 0 Å². The molecule has 0 N–H and O–H groups in total. The van der Waals surface area contributed by atoms with Crippen molar-refractivity contribution in [2.45, 2.75) is 46.0 Å². The molecule has 0 bridgehead atoms. The Balaban J connectivity index is 2.64. The van der Waals surface area contributed by atoms with E-state index in [0.717, 1.165) is 5.02 Å². The van der Waals surface area contributed by atoms with Crippen molar-refractivity contribution < 1.29 is 0 Å². The summed E-state index contributed by atoms with van der Waals surface area (Å²) >= 11 is 6.24. The molecule has 0 saturated carbocycles. The van der Waals surface area contributed by atoms with E-state index in [0.29, 0.717) is 5.92 Å². The van der Waals surface area contributed by atoms with Crippen molar-refractivity contribution in [3.8, 4) is 0 Å². The van der Waals surface area contributed by atoms with Crippen molar-refractivity contribution >= 4 is 11.6 Å². The van der Waals surface area contributed by atoms with Gasteiger partial charge in [0.1, 0.15) is 0 Å². The van der Waals surface area contributed by atoms with E-state index in [1.807, 2.05) is 0 Å². The molecule has 0 spiro atoms. The molecule has 0 saturated heterocycles. The zero-order valence-corrected chi connectivity index (χ0v) is 9.91. The van der Waals surface area contributed by atoms with Gasteiger partial charge in [0, 0.05) is 5.02 Å². The minimum absolute atomic E-state index is 0.597. The Morgan fingerprint density at radius 3 is 2.50 bits per heavy atom. The van der Waals surface area contributed by atoms with Crippen LogP contribution in [0, 0.1) is 6.92 Å². The number of halogens is 1. The quantitative estimate of drug-likeness (QED) is 0.647. The second kappa shape index (κ2) is 3.58. The summed E-state index contributed by atoms with van der Waals surface area (Å²) in [5, 5.41) is 0.953. The van der Waals surface area contributed by atoms with Gasteiger partial charge < -0.3 is 0 Å². The second-order valence-corrected chi connectivity index (χ2v) is 4.95. The summed E-state index contributed by atoms with van der Waals surface area (Å²) in [4.78, 5) is 0. The average Bonchev–Trinajstić information content (AvgIpc) is 2.59. The molecule has 0 amide bonds. The first-order chi connectivity index (χ1) is 6.61. The molecule has 1 aromatic rings. The standard InChI is InChI=1S/C13H17Cl/c1-8(2)12-7-13(14)9(3)10-5-4-6-11(10)12/h7-8H,4-6H2,1-3H3. The molecular weight excluding hydrogens is 192 g/mol. The van der Waals surface area contributed by atoms with Crippen LogP contribution >= 0.6 is 11.6 Å². The third kappa shape index (κ3) is 1.46. The summed E-state index contributed by atoms with van der Waals surface area (Å²) in [6.07, 6.45) is 3.78. The minimum atomic E-state index is 0.597. The van der Waals surface area contributed by atoms with Crippen LogP contribution in [-0.4, -0.2) is 0 Å². The summed E-state index contributed by atoms with van der Waals surface area (Å²) in [7, 11) is 0. The van der Waals surface area contributed by atoms with Gasteiger partial charge in [-0.15, -0.1) is 0 Å². The molecule has 1 aliphatic carbocycles. The lowest BCUT2D eigenvalue weighted by Gasteiger charge is -2.15. The molecule has 14 heavy (non-hydrogen) atoms. The number of rotatable bonds is 1. The molecule has 0 heterocycles. The van der Waals surface area contributed by atoms with Crippen molar-refractivity contribution in [3.05, 3.63) is 33.3 Å². The SMILES string of the molecule is Cc1c(Cl)cc(C(C)C)c2c1CCC2. The van der Waals surface area contributed by atoms with Crippen molar-refractivity contribution in [3.63, 3.8) is 0 Å². The lowest BCUT2D eigenvalue weighted by atomic mass is 9.92. The summed E-state index contributed by atoms with van der Waals surface area (Å²) in [5.41, 5.74) is 5.89. The van der Waals surface area contributed by atoms with Crippen LogP contribution in [0.4, 0.5) is 0 Å². The molecular formula is C13H17Cl. The summed E-state index contributed by atoms with van der Waals surface area (Å²) in [5.74, 6) is 0.597. The van der Waals surface area contributed by atoms with Gasteiger partial charge in [0.05, 0.1) is 0 Å². The number of hydrogen-bond acceptors (Lipinski definition) is 0. The van der Waals surface area contributed by atoms with Crippen molar-refractivity contribution in [2.75, 3.05) is 0 Å². The van der Waals surface area contributed by atoms with Crippen molar-refractivity contribution in [1.82, 2.24) is 0 Å². The molecule has 0 unspecified atom stereocenters. The Morgan fingerprint density at radius 2 is 1.86 bits per heavy atom. The highest BCUT2D eigenvalue weighted by molar-refractivity contribution is 6.31. The number of benzene rings is 1. The Kier molecular flexibility index (Phi) is 2.57. The van der Waals surface area contributed by atoms with Crippen LogP contribution in [0.5, 0.6) is 0 Å². The topological polar surface area (TPSA) is 0 Å². The van der Waals surface area contributed by atoms with E-state index in [4.69, 9.17) is 11.6 Å². The summed E-state index contributed by atoms with van der Waals surface area (Å²) in [6, 6.07) is 2.17. The smallest absolute Gasteiger partial charge is 0.0440 e. The molecule has 1 heteroatoms. The van der Waals surface area contributed by atoms with Gasteiger partial charge in [-0.1, -0.05) is 25.4 Å². The van der Waals surface area contributed by atoms with E-state index in [9.17, 15) is 0 Å². The fraction of sp³-hybridized carbons (Fsp3) is 0.538. The normalized spacial score (nSPS) is 14.9. The highest BCUT2D eigenvalue weighted by Crippen LogP contribution is 2.35. The van der Waals surface area contributed by atoms with E-state index >= 15 is 0 Å². The van der Waals surface area contributed by atoms with Gasteiger partial charge in [0.25, 0.3) is 0 Å². The van der Waals surface area contributed by atoms with Gasteiger partial charge in [-0.2, -0.15) is 0 Å². The number of hydrogen-bond donors (Lipinski definition) is 0. The Hall–Kier alpha value is -0.490. The van der Waals surface area contributed by atoms with Gasteiger partial charge >= 0.3 is 0 Å². The van der Waals surface area contributed by atoms with Gasteiger partial charge in [-0.05, 0) is 60.4 Å². The van der Waals surface area contributed by atoms with Crippen LogP contribution in [-0.2, 0) is 12.8 Å². The first kappa shape index (κ1) is 10.0. The predicted octanol–water partition coefficient (Wildman–Crippen LogP) is 4.26. The molecule has 76 valence electrons. The lowest BCUT2D eigenvalue weighted by Crippen LogP contribution is -1.98. The maximum absolute atomic E-state index is 6.24. The molecule has 2 rings (SSSR count). The molecule has 0 aliphatic heterocycles. The Bertz CT molecular complexity index is 364. The monoisotopic (exact) mass is 208 g/mol. The minimum Gasteiger partial charge on any atom is -0.0840 e. The number of fused-ring (bicyclic) bond motifs is 1. The highest BCUT2D eigenvalue weighted by Gasteiger charge is 2.20. The summed E-state index contributed by atoms with van der Waals surface area (Å²) in [6.45, 7) is 6.65. The van der Waals surface area contributed by atoms with E-state index in [2.05, 4.69) is 26.8 Å². The third-order valence-electron chi connectivity index (χ3n) is 3.28. The van der Waals surface area contributed by atoms with Crippen LogP contribution in [0.15, 0.2) is 6.07 Å². The van der Waals surface area contributed by atoms with E-state index < -0.39 is 0 Å². The van der Waals surface area contributed by atoms with Crippen molar-refractivity contribution in [2.24, 2.45) is 0 Å². The third-order valence-corrected chi connectivity index (χ3v) is 3.67. The fourth-order valence-corrected chi connectivity index (χ4v) is 2.70. The maximum atomic E-state index is 6.24. The largest absolute Gasteiger partial charge is 0.0840 e. The second-order valence-electron chi connectivity index (χ2n) is 4.54. The van der Waals surface area contributed by atoms with Crippen LogP contribution in [0.1, 0.15) is 48.4 Å². The zero-order chi connectivity index (χ0) is 10.3. The van der Waals surface area contributed by atoms with Gasteiger partial charge in [0.15, 0.2) is 0 Å². The lowest BCUT2D eigenvalue weighted by molar-refractivity contribution is 0.838. The Labute approximate surface area is 91.3 Å². The first-order valence-corrected chi connectivity index (χ1v) is 5.79. The molecule has 0 fully saturated rings. The fourth-order valence-electron chi connectivity index (χ4n) is 2.47.